The van der Waals surface area contributed by atoms with Gasteiger partial charge in [0.2, 0.25) is 5.91 Å². The zero-order chi connectivity index (χ0) is 15.9. The number of methoxy groups -OCH3 is 1. The van der Waals surface area contributed by atoms with Gasteiger partial charge in [-0.05, 0) is 12.1 Å². The molecule has 1 amide bonds. The van der Waals surface area contributed by atoms with Crippen LogP contribution in [0.25, 0.3) is 0 Å². The van der Waals surface area contributed by atoms with Crippen LogP contribution in [0.15, 0.2) is 18.3 Å². The molecule has 0 aromatic carbocycles. The van der Waals surface area contributed by atoms with E-state index in [2.05, 4.69) is 4.98 Å². The molecule has 0 aliphatic carbocycles. The number of hydrogen-bond acceptors (Lipinski definition) is 6. The topological polar surface area (TPSA) is 89.7 Å². The molecule has 7 heteroatoms. The Morgan fingerprint density at radius 3 is 2.95 bits per heavy atom. The Bertz CT molecular complexity index is 541. The van der Waals surface area contributed by atoms with E-state index in [1.54, 1.807) is 24.1 Å². The van der Waals surface area contributed by atoms with Crippen molar-refractivity contribution in [3.05, 3.63) is 23.9 Å². The lowest BCUT2D eigenvalue weighted by Gasteiger charge is -2.22. The van der Waals surface area contributed by atoms with E-state index in [1.165, 1.54) is 6.20 Å². The van der Waals surface area contributed by atoms with Crippen molar-refractivity contribution >= 4 is 11.7 Å². The smallest absolute Gasteiger partial charge is 0.225 e. The molecule has 22 heavy (non-hydrogen) atoms. The van der Waals surface area contributed by atoms with E-state index >= 15 is 0 Å². The molecule has 1 aromatic rings. The molecule has 0 radical (unpaired) electrons. The van der Waals surface area contributed by atoms with Crippen molar-refractivity contribution in [2.45, 2.75) is 12.5 Å². The molecule has 0 spiro atoms. The number of aromatic nitrogens is 1. The molecule has 2 rings (SSSR count). The van der Waals surface area contributed by atoms with Crippen LogP contribution < -0.4 is 4.90 Å². The van der Waals surface area contributed by atoms with Gasteiger partial charge in [-0.2, -0.15) is 5.26 Å². The summed E-state index contributed by atoms with van der Waals surface area (Å²) < 4.78 is 4.92. The van der Waals surface area contributed by atoms with Gasteiger partial charge in [-0.3, -0.25) is 4.79 Å². The van der Waals surface area contributed by atoms with E-state index in [0.717, 1.165) is 0 Å². The van der Waals surface area contributed by atoms with Crippen molar-refractivity contribution < 1.29 is 14.6 Å². The zero-order valence-corrected chi connectivity index (χ0v) is 12.6. The molecule has 1 aliphatic rings. The van der Waals surface area contributed by atoms with Crippen LogP contribution >= 0.6 is 0 Å². The third-order valence-electron chi connectivity index (χ3n) is 3.58. The standard InChI is InChI=1S/C15H20N4O3/c1-22-7-4-15(21)19-6-5-18(10-13(20)11-19)14-3-2-12(8-16)9-17-14/h2-3,9,13,20H,4-7,10-11H2,1H3/t13-/m0/s1. The first kappa shape index (κ1) is 16.2. The molecule has 118 valence electrons. The monoisotopic (exact) mass is 304 g/mol. The Hall–Kier alpha value is -2.17. The summed E-state index contributed by atoms with van der Waals surface area (Å²) in [7, 11) is 1.56. The summed E-state index contributed by atoms with van der Waals surface area (Å²) in [4.78, 5) is 19.9. The van der Waals surface area contributed by atoms with Gasteiger partial charge in [0, 0.05) is 39.5 Å². The van der Waals surface area contributed by atoms with Crippen LogP contribution in [0.5, 0.6) is 0 Å². The van der Waals surface area contributed by atoms with Crippen LogP contribution in [-0.4, -0.2) is 66.9 Å². The van der Waals surface area contributed by atoms with E-state index in [4.69, 9.17) is 10.00 Å². The van der Waals surface area contributed by atoms with E-state index in [-0.39, 0.29) is 5.91 Å². The highest BCUT2D eigenvalue weighted by Gasteiger charge is 2.24. The van der Waals surface area contributed by atoms with Gasteiger partial charge < -0.3 is 19.6 Å². The summed E-state index contributed by atoms with van der Waals surface area (Å²) in [5, 5.41) is 18.9. The second-order valence-corrected chi connectivity index (χ2v) is 5.20. The number of rotatable bonds is 4. The van der Waals surface area contributed by atoms with Crippen molar-refractivity contribution in [1.82, 2.24) is 9.88 Å². The maximum Gasteiger partial charge on any atom is 0.225 e. The Morgan fingerprint density at radius 2 is 2.32 bits per heavy atom. The van der Waals surface area contributed by atoms with E-state index in [1.807, 2.05) is 11.0 Å². The number of aliphatic hydroxyl groups excluding tert-OH is 1. The number of ether oxygens (including phenoxy) is 1. The van der Waals surface area contributed by atoms with Gasteiger partial charge in [0.05, 0.1) is 24.7 Å². The number of carbonyl (C=O) groups is 1. The summed E-state index contributed by atoms with van der Waals surface area (Å²) in [5.74, 6) is 0.680. The third kappa shape index (κ3) is 4.16. The Kier molecular flexibility index (Phi) is 5.69. The molecule has 0 unspecified atom stereocenters. The molecule has 1 aromatic heterocycles. The number of aliphatic hydroxyl groups is 1. The average molecular weight is 304 g/mol. The van der Waals surface area contributed by atoms with Gasteiger partial charge in [0.15, 0.2) is 0 Å². The Balaban J connectivity index is 2.01. The van der Waals surface area contributed by atoms with Gasteiger partial charge >= 0.3 is 0 Å². The molecule has 7 nitrogen and oxygen atoms in total. The van der Waals surface area contributed by atoms with Gasteiger partial charge in [-0.15, -0.1) is 0 Å². The molecule has 0 bridgehead atoms. The lowest BCUT2D eigenvalue weighted by Crippen LogP contribution is -2.38. The summed E-state index contributed by atoms with van der Waals surface area (Å²) in [6.07, 6.45) is 1.19. The van der Waals surface area contributed by atoms with Crippen molar-refractivity contribution in [2.24, 2.45) is 0 Å². The van der Waals surface area contributed by atoms with Gasteiger partial charge in [-0.1, -0.05) is 0 Å². The molecule has 1 atom stereocenters. The molecule has 1 aliphatic heterocycles. The predicted octanol–water partition coefficient (Wildman–Crippen LogP) is -0.000720. The fourth-order valence-corrected chi connectivity index (χ4v) is 2.41. The lowest BCUT2D eigenvalue weighted by atomic mass is 10.3. The summed E-state index contributed by atoms with van der Waals surface area (Å²) in [6, 6.07) is 5.48. The van der Waals surface area contributed by atoms with Crippen LogP contribution in [-0.2, 0) is 9.53 Å². The van der Waals surface area contributed by atoms with Crippen LogP contribution in [0.3, 0.4) is 0 Å². The number of anilines is 1. The van der Waals surface area contributed by atoms with E-state index in [0.29, 0.717) is 50.6 Å². The van der Waals surface area contributed by atoms with Gasteiger partial charge in [0.1, 0.15) is 11.9 Å². The first-order valence-electron chi connectivity index (χ1n) is 7.20. The van der Waals surface area contributed by atoms with Crippen LogP contribution in [0.4, 0.5) is 5.82 Å². The molecular weight excluding hydrogens is 284 g/mol. The lowest BCUT2D eigenvalue weighted by molar-refractivity contribution is -0.133. The van der Waals surface area contributed by atoms with E-state index in [9.17, 15) is 9.90 Å². The molecule has 1 saturated heterocycles. The van der Waals surface area contributed by atoms with Crippen molar-refractivity contribution in [1.29, 1.82) is 5.26 Å². The minimum absolute atomic E-state index is 0.0180. The summed E-state index contributed by atoms with van der Waals surface area (Å²) in [5.41, 5.74) is 0.496. The van der Waals surface area contributed by atoms with Crippen LogP contribution in [0, 0.1) is 11.3 Å². The number of nitrogens with zero attached hydrogens (tertiary/aromatic N) is 4. The minimum atomic E-state index is -0.633. The van der Waals surface area contributed by atoms with Crippen LogP contribution in [0.1, 0.15) is 12.0 Å². The van der Waals surface area contributed by atoms with Crippen molar-refractivity contribution in [2.75, 3.05) is 44.8 Å². The number of carbonyl (C=O) groups excluding carboxylic acids is 1. The number of pyridine rings is 1. The Labute approximate surface area is 129 Å². The highest BCUT2D eigenvalue weighted by molar-refractivity contribution is 5.76. The van der Waals surface area contributed by atoms with E-state index < -0.39 is 6.10 Å². The largest absolute Gasteiger partial charge is 0.389 e. The molecule has 2 heterocycles. The summed E-state index contributed by atoms with van der Waals surface area (Å²) >= 11 is 0. The first-order valence-corrected chi connectivity index (χ1v) is 7.20. The molecule has 1 N–H and O–H groups in total. The maximum absolute atomic E-state index is 12.0. The molecule has 1 fully saturated rings. The SMILES string of the molecule is COCCC(=O)N1CCN(c2ccc(C#N)cn2)C[C@H](O)C1. The van der Waals surface area contributed by atoms with Gasteiger partial charge in [-0.25, -0.2) is 4.98 Å². The number of nitriles is 1. The molecular formula is C15H20N4O3. The van der Waals surface area contributed by atoms with Crippen LogP contribution in [0.2, 0.25) is 0 Å². The highest BCUT2D eigenvalue weighted by Crippen LogP contribution is 2.15. The number of amides is 1. The zero-order valence-electron chi connectivity index (χ0n) is 12.6. The predicted molar refractivity (Wildman–Crippen MR) is 80.2 cm³/mol. The average Bonchev–Trinajstić information content (AvgIpc) is 2.74. The fraction of sp³-hybridized carbons (Fsp3) is 0.533. The van der Waals surface area contributed by atoms with Crippen molar-refractivity contribution in [3.8, 4) is 6.07 Å². The number of hydrogen-bond donors (Lipinski definition) is 1. The second kappa shape index (κ2) is 7.73. The van der Waals surface area contributed by atoms with Crippen molar-refractivity contribution in [3.63, 3.8) is 0 Å². The number of β-amino-alcohol motifs (C(OH)–C–C–N with tert-alkyl or cyclic N) is 1. The first-order chi connectivity index (χ1) is 10.6. The minimum Gasteiger partial charge on any atom is -0.389 e. The highest BCUT2D eigenvalue weighted by atomic mass is 16.5. The third-order valence-corrected chi connectivity index (χ3v) is 3.58. The quantitative estimate of drug-likeness (QED) is 0.842. The summed E-state index contributed by atoms with van der Waals surface area (Å²) in [6.45, 7) is 2.23. The molecule has 0 saturated carbocycles. The normalized spacial score (nSPS) is 18.7. The van der Waals surface area contributed by atoms with Gasteiger partial charge in [0.25, 0.3) is 0 Å². The maximum atomic E-state index is 12.0. The Morgan fingerprint density at radius 1 is 1.50 bits per heavy atom. The second-order valence-electron chi connectivity index (χ2n) is 5.20. The fourth-order valence-electron chi connectivity index (χ4n) is 2.41.